The van der Waals surface area contributed by atoms with Crippen LogP contribution in [0.4, 0.5) is 0 Å². The smallest absolute Gasteiger partial charge is 0.138 e. The summed E-state index contributed by atoms with van der Waals surface area (Å²) in [6.07, 6.45) is 4.68. The molecule has 0 unspecified atom stereocenters. The molecule has 1 fully saturated rings. The molecule has 1 aromatic rings. The predicted molar refractivity (Wildman–Crippen MR) is 68.3 cm³/mol. The van der Waals surface area contributed by atoms with Crippen LogP contribution in [-0.4, -0.2) is 24.2 Å². The highest BCUT2D eigenvalue weighted by Crippen LogP contribution is 2.16. The van der Waals surface area contributed by atoms with Gasteiger partial charge < -0.3 is 10.1 Å². The van der Waals surface area contributed by atoms with Gasteiger partial charge in [-0.05, 0) is 35.0 Å². The summed E-state index contributed by atoms with van der Waals surface area (Å²) < 4.78 is 6.49. The number of rotatable bonds is 3. The van der Waals surface area contributed by atoms with Crippen molar-refractivity contribution in [3.05, 3.63) is 22.9 Å². The minimum Gasteiger partial charge on any atom is -0.490 e. The van der Waals surface area contributed by atoms with Crippen LogP contribution >= 0.6 is 40.7 Å². The van der Waals surface area contributed by atoms with Gasteiger partial charge in [0, 0.05) is 16.7 Å². The Hall–Kier alpha value is -0.0300. The number of aromatic nitrogens is 1. The minimum atomic E-state index is 0. The van der Waals surface area contributed by atoms with Gasteiger partial charge in [0.25, 0.3) is 0 Å². The van der Waals surface area contributed by atoms with E-state index in [1.54, 1.807) is 12.4 Å². The minimum absolute atomic E-state index is 0. The SMILES string of the molecule is Brc1cncc(OC[C@@H]2CCN2)c1.Cl.Cl. The molecule has 1 saturated heterocycles. The van der Waals surface area contributed by atoms with Crippen LogP contribution in [0, 0.1) is 0 Å². The number of halogens is 3. The van der Waals surface area contributed by atoms with Gasteiger partial charge in [-0.15, -0.1) is 24.8 Å². The second kappa shape index (κ2) is 7.28. The lowest BCUT2D eigenvalue weighted by atomic mass is 10.1. The zero-order valence-electron chi connectivity index (χ0n) is 7.98. The van der Waals surface area contributed by atoms with E-state index in [1.165, 1.54) is 6.42 Å². The first-order valence-corrected chi connectivity index (χ1v) is 5.10. The summed E-state index contributed by atoms with van der Waals surface area (Å²) >= 11 is 3.34. The highest BCUT2D eigenvalue weighted by Gasteiger charge is 2.16. The molecule has 86 valence electrons. The van der Waals surface area contributed by atoms with Crippen molar-refractivity contribution in [2.45, 2.75) is 12.5 Å². The Balaban J connectivity index is 0.000000980. The number of nitrogens with zero attached hydrogens (tertiary/aromatic N) is 1. The average Bonchev–Trinajstić information content (AvgIpc) is 2.01. The van der Waals surface area contributed by atoms with Crippen LogP contribution in [0.15, 0.2) is 22.9 Å². The van der Waals surface area contributed by atoms with Crippen molar-refractivity contribution in [1.29, 1.82) is 0 Å². The summed E-state index contributed by atoms with van der Waals surface area (Å²) in [5, 5.41) is 3.27. The Morgan fingerprint density at radius 3 is 2.73 bits per heavy atom. The van der Waals surface area contributed by atoms with E-state index in [0.29, 0.717) is 6.04 Å². The first-order valence-electron chi connectivity index (χ1n) is 4.31. The van der Waals surface area contributed by atoms with Crippen molar-refractivity contribution < 1.29 is 4.74 Å². The Morgan fingerprint density at radius 1 is 1.47 bits per heavy atom. The molecule has 6 heteroatoms. The molecule has 2 rings (SSSR count). The first-order chi connectivity index (χ1) is 6.34. The average molecular weight is 316 g/mol. The maximum absolute atomic E-state index is 5.54. The van der Waals surface area contributed by atoms with Gasteiger partial charge in [-0.25, -0.2) is 0 Å². The second-order valence-corrected chi connectivity index (χ2v) is 4.01. The number of pyridine rings is 1. The van der Waals surface area contributed by atoms with Crippen LogP contribution in [-0.2, 0) is 0 Å². The van der Waals surface area contributed by atoms with Gasteiger partial charge in [0.2, 0.25) is 0 Å². The summed E-state index contributed by atoms with van der Waals surface area (Å²) in [7, 11) is 0. The van der Waals surface area contributed by atoms with E-state index in [0.717, 1.165) is 23.4 Å². The lowest BCUT2D eigenvalue weighted by Gasteiger charge is -2.27. The highest BCUT2D eigenvalue weighted by molar-refractivity contribution is 9.10. The first kappa shape index (κ1) is 15.0. The summed E-state index contributed by atoms with van der Waals surface area (Å²) in [6.45, 7) is 1.85. The third kappa shape index (κ3) is 4.55. The van der Waals surface area contributed by atoms with Crippen LogP contribution in [0.25, 0.3) is 0 Å². The second-order valence-electron chi connectivity index (χ2n) is 3.09. The van der Waals surface area contributed by atoms with Crippen molar-refractivity contribution in [1.82, 2.24) is 10.3 Å². The molecule has 0 radical (unpaired) electrons. The number of hydrogen-bond donors (Lipinski definition) is 1. The predicted octanol–water partition coefficient (Wildman–Crippen LogP) is 2.43. The zero-order chi connectivity index (χ0) is 9.10. The number of nitrogens with one attached hydrogen (secondary N) is 1. The molecule has 0 bridgehead atoms. The Labute approximate surface area is 110 Å². The summed E-state index contributed by atoms with van der Waals surface area (Å²) in [6, 6.07) is 2.45. The van der Waals surface area contributed by atoms with Crippen LogP contribution in [0.1, 0.15) is 6.42 Å². The van der Waals surface area contributed by atoms with Gasteiger partial charge in [-0.2, -0.15) is 0 Å². The molecule has 0 amide bonds. The van der Waals surface area contributed by atoms with Crippen molar-refractivity contribution in [2.75, 3.05) is 13.2 Å². The van der Waals surface area contributed by atoms with Gasteiger partial charge in [-0.3, -0.25) is 4.98 Å². The van der Waals surface area contributed by atoms with Crippen molar-refractivity contribution >= 4 is 40.7 Å². The molecular formula is C9H13BrCl2N2O. The largest absolute Gasteiger partial charge is 0.490 e. The van der Waals surface area contributed by atoms with Gasteiger partial charge in [0.15, 0.2) is 0 Å². The van der Waals surface area contributed by atoms with Crippen LogP contribution in [0.2, 0.25) is 0 Å². The molecule has 1 aliphatic rings. The maximum Gasteiger partial charge on any atom is 0.138 e. The highest BCUT2D eigenvalue weighted by atomic mass is 79.9. The Morgan fingerprint density at radius 2 is 2.20 bits per heavy atom. The van der Waals surface area contributed by atoms with Crippen molar-refractivity contribution in [2.24, 2.45) is 0 Å². The van der Waals surface area contributed by atoms with Crippen molar-refractivity contribution in [3.63, 3.8) is 0 Å². The fourth-order valence-electron chi connectivity index (χ4n) is 1.16. The normalized spacial score (nSPS) is 18.1. The molecule has 1 N–H and O–H groups in total. The molecule has 0 aromatic carbocycles. The molecule has 1 aromatic heterocycles. The quantitative estimate of drug-likeness (QED) is 0.930. The van der Waals surface area contributed by atoms with E-state index in [-0.39, 0.29) is 24.8 Å². The number of ether oxygens (including phenoxy) is 1. The van der Waals surface area contributed by atoms with E-state index < -0.39 is 0 Å². The molecule has 2 heterocycles. The van der Waals surface area contributed by atoms with Crippen LogP contribution in [0.5, 0.6) is 5.75 Å². The summed E-state index contributed by atoms with van der Waals surface area (Å²) in [4.78, 5) is 4.01. The molecule has 1 atom stereocenters. The fraction of sp³-hybridized carbons (Fsp3) is 0.444. The van der Waals surface area contributed by atoms with Gasteiger partial charge >= 0.3 is 0 Å². The van der Waals surface area contributed by atoms with E-state index >= 15 is 0 Å². The summed E-state index contributed by atoms with van der Waals surface area (Å²) in [5.41, 5.74) is 0. The maximum atomic E-state index is 5.54. The fourth-order valence-corrected chi connectivity index (χ4v) is 1.50. The molecule has 3 nitrogen and oxygen atoms in total. The molecule has 0 aliphatic carbocycles. The van der Waals surface area contributed by atoms with E-state index in [1.807, 2.05) is 6.07 Å². The van der Waals surface area contributed by atoms with Crippen molar-refractivity contribution in [3.8, 4) is 5.75 Å². The zero-order valence-corrected chi connectivity index (χ0v) is 11.2. The third-order valence-corrected chi connectivity index (χ3v) is 2.49. The van der Waals surface area contributed by atoms with Crippen LogP contribution in [0.3, 0.4) is 0 Å². The Kier molecular flexibility index (Phi) is 7.26. The third-order valence-electron chi connectivity index (χ3n) is 2.06. The lowest BCUT2D eigenvalue weighted by Crippen LogP contribution is -2.46. The number of hydrogen-bond acceptors (Lipinski definition) is 3. The standard InChI is InChI=1S/C9H11BrN2O.2ClH/c10-7-3-9(5-11-4-7)13-6-8-1-2-12-8;;/h3-5,8,12H,1-2,6H2;2*1H/t8-;;/m0../s1. The molecule has 0 spiro atoms. The molecule has 15 heavy (non-hydrogen) atoms. The topological polar surface area (TPSA) is 34.1 Å². The van der Waals surface area contributed by atoms with E-state index in [2.05, 4.69) is 26.2 Å². The van der Waals surface area contributed by atoms with Gasteiger partial charge in [0.05, 0.1) is 6.20 Å². The molecule has 1 aliphatic heterocycles. The summed E-state index contributed by atoms with van der Waals surface area (Å²) in [5.74, 6) is 0.822. The molecular weight excluding hydrogens is 303 g/mol. The van der Waals surface area contributed by atoms with E-state index in [4.69, 9.17) is 4.74 Å². The van der Waals surface area contributed by atoms with E-state index in [9.17, 15) is 0 Å². The van der Waals surface area contributed by atoms with Crippen LogP contribution < -0.4 is 10.1 Å². The van der Waals surface area contributed by atoms with Gasteiger partial charge in [-0.1, -0.05) is 0 Å². The lowest BCUT2D eigenvalue weighted by molar-refractivity contribution is 0.217. The molecule has 0 saturated carbocycles. The monoisotopic (exact) mass is 314 g/mol. The van der Waals surface area contributed by atoms with Gasteiger partial charge in [0.1, 0.15) is 12.4 Å². The Bertz CT molecular complexity index is 297.